The summed E-state index contributed by atoms with van der Waals surface area (Å²) in [6, 6.07) is 30.2. The number of carbonyl (C=O) groups is 3. The Labute approximate surface area is 215 Å². The van der Waals surface area contributed by atoms with Gasteiger partial charge in [-0.05, 0) is 27.5 Å². The van der Waals surface area contributed by atoms with Gasteiger partial charge < -0.3 is 21.1 Å². The number of carbonyl (C=O) groups excluding carboxylic acids is 3. The molecule has 7 nitrogen and oxygen atoms in total. The molecule has 0 radical (unpaired) electrons. The summed E-state index contributed by atoms with van der Waals surface area (Å²) in [5.41, 5.74) is 8.23. The molecule has 188 valence electrons. The third-order valence-corrected chi connectivity index (χ3v) is 6.07. The molecule has 4 aromatic rings. The average Bonchev–Trinajstić information content (AvgIpc) is 2.92. The predicted octanol–water partition coefficient (Wildman–Crippen LogP) is 3.89. The van der Waals surface area contributed by atoms with Gasteiger partial charge in [0.1, 0.15) is 18.7 Å². The fourth-order valence-corrected chi connectivity index (χ4v) is 4.15. The van der Waals surface area contributed by atoms with E-state index in [9.17, 15) is 14.4 Å². The molecule has 0 saturated carbocycles. The van der Waals surface area contributed by atoms with E-state index in [1.807, 2.05) is 103 Å². The van der Waals surface area contributed by atoms with E-state index >= 15 is 0 Å². The van der Waals surface area contributed by atoms with E-state index in [1.54, 1.807) is 0 Å². The van der Waals surface area contributed by atoms with Crippen LogP contribution in [0, 0.1) is 0 Å². The zero-order valence-corrected chi connectivity index (χ0v) is 20.3. The SMILES string of the molecule is NC(=O)[C@H](Cc1cccc2ccccc12)NC(=O)[C@@H](Cc1ccccc1)NC(=O)OCc1ccccc1. The Kier molecular flexibility index (Phi) is 8.49. The summed E-state index contributed by atoms with van der Waals surface area (Å²) in [5, 5.41) is 7.40. The smallest absolute Gasteiger partial charge is 0.408 e. The lowest BCUT2D eigenvalue weighted by atomic mass is 9.98. The van der Waals surface area contributed by atoms with Crippen LogP contribution in [0.3, 0.4) is 0 Å². The van der Waals surface area contributed by atoms with Crippen LogP contribution >= 0.6 is 0 Å². The van der Waals surface area contributed by atoms with E-state index in [-0.39, 0.29) is 19.4 Å². The quantitative estimate of drug-likeness (QED) is 0.310. The summed E-state index contributed by atoms with van der Waals surface area (Å²) in [6.45, 7) is 0.0668. The number of amides is 3. The molecule has 3 amide bonds. The Hall–Kier alpha value is -4.65. The normalized spacial score (nSPS) is 12.3. The number of primary amides is 1. The maximum absolute atomic E-state index is 13.3. The summed E-state index contributed by atoms with van der Waals surface area (Å²) in [6.07, 6.45) is -0.296. The number of fused-ring (bicyclic) bond motifs is 1. The number of hydrogen-bond donors (Lipinski definition) is 3. The molecular weight excluding hydrogens is 466 g/mol. The topological polar surface area (TPSA) is 111 Å². The van der Waals surface area contributed by atoms with Crippen molar-refractivity contribution < 1.29 is 19.1 Å². The second-order valence-corrected chi connectivity index (χ2v) is 8.75. The first-order valence-corrected chi connectivity index (χ1v) is 12.1. The molecule has 0 unspecified atom stereocenters. The number of rotatable bonds is 10. The van der Waals surface area contributed by atoms with Gasteiger partial charge in [-0.25, -0.2) is 4.79 Å². The third kappa shape index (κ3) is 7.18. The van der Waals surface area contributed by atoms with Crippen LogP contribution in [-0.2, 0) is 33.8 Å². The molecule has 0 aliphatic heterocycles. The Bertz CT molecular complexity index is 1350. The lowest BCUT2D eigenvalue weighted by Gasteiger charge is -2.22. The molecule has 0 saturated heterocycles. The van der Waals surface area contributed by atoms with Gasteiger partial charge in [0.05, 0.1) is 0 Å². The monoisotopic (exact) mass is 495 g/mol. The minimum absolute atomic E-state index is 0.0668. The van der Waals surface area contributed by atoms with Crippen molar-refractivity contribution in [1.82, 2.24) is 10.6 Å². The highest BCUT2D eigenvalue weighted by Gasteiger charge is 2.27. The van der Waals surface area contributed by atoms with Crippen molar-refractivity contribution in [3.8, 4) is 0 Å². The van der Waals surface area contributed by atoms with Crippen LogP contribution in [0.1, 0.15) is 16.7 Å². The van der Waals surface area contributed by atoms with Crippen LogP contribution in [0.4, 0.5) is 4.79 Å². The maximum atomic E-state index is 13.3. The van der Waals surface area contributed by atoms with Gasteiger partial charge in [0.25, 0.3) is 0 Å². The molecule has 4 rings (SSSR count). The highest BCUT2D eigenvalue weighted by Crippen LogP contribution is 2.20. The van der Waals surface area contributed by atoms with Gasteiger partial charge >= 0.3 is 6.09 Å². The second-order valence-electron chi connectivity index (χ2n) is 8.75. The van der Waals surface area contributed by atoms with Crippen molar-refractivity contribution in [3.05, 3.63) is 120 Å². The summed E-state index contributed by atoms with van der Waals surface area (Å²) in [4.78, 5) is 38.2. The van der Waals surface area contributed by atoms with Crippen LogP contribution in [0.25, 0.3) is 10.8 Å². The van der Waals surface area contributed by atoms with E-state index in [0.29, 0.717) is 0 Å². The van der Waals surface area contributed by atoms with Crippen molar-refractivity contribution in [3.63, 3.8) is 0 Å². The van der Waals surface area contributed by atoms with Crippen molar-refractivity contribution in [2.45, 2.75) is 31.5 Å². The summed E-state index contributed by atoms with van der Waals surface area (Å²) >= 11 is 0. The first-order chi connectivity index (χ1) is 18.0. The highest BCUT2D eigenvalue weighted by molar-refractivity contribution is 5.92. The molecule has 2 atom stereocenters. The highest BCUT2D eigenvalue weighted by atomic mass is 16.5. The number of alkyl carbamates (subject to hydrolysis) is 1. The Morgan fingerprint density at radius 1 is 0.676 bits per heavy atom. The van der Waals surface area contributed by atoms with Gasteiger partial charge in [-0.1, -0.05) is 103 Å². The van der Waals surface area contributed by atoms with Crippen molar-refractivity contribution >= 4 is 28.7 Å². The van der Waals surface area contributed by atoms with Gasteiger partial charge in [0.15, 0.2) is 0 Å². The summed E-state index contributed by atoms with van der Waals surface area (Å²) < 4.78 is 5.32. The van der Waals surface area contributed by atoms with Crippen molar-refractivity contribution in [1.29, 1.82) is 0 Å². The van der Waals surface area contributed by atoms with Gasteiger partial charge in [0, 0.05) is 12.8 Å². The fraction of sp³-hybridized carbons (Fsp3) is 0.167. The van der Waals surface area contributed by atoms with Crippen molar-refractivity contribution in [2.24, 2.45) is 5.73 Å². The first-order valence-electron chi connectivity index (χ1n) is 12.1. The molecule has 0 fully saturated rings. The van der Waals surface area contributed by atoms with Crippen LogP contribution in [0.5, 0.6) is 0 Å². The zero-order valence-electron chi connectivity index (χ0n) is 20.3. The standard InChI is InChI=1S/C30H29N3O4/c31-28(34)26(19-24-16-9-15-23-14-7-8-17-25(23)24)32-29(35)27(18-21-10-3-1-4-11-21)33-30(36)37-20-22-12-5-2-6-13-22/h1-17,26-27H,18-20H2,(H2,31,34)(H,32,35)(H,33,36)/t26-,27+/m0/s1. The van der Waals surface area contributed by atoms with Crippen LogP contribution in [0.15, 0.2) is 103 Å². The molecule has 4 aromatic carbocycles. The van der Waals surface area contributed by atoms with Crippen LogP contribution in [-0.4, -0.2) is 30.0 Å². The van der Waals surface area contributed by atoms with E-state index < -0.39 is 30.0 Å². The average molecular weight is 496 g/mol. The molecule has 0 aliphatic carbocycles. The predicted molar refractivity (Wildman–Crippen MR) is 142 cm³/mol. The van der Waals surface area contributed by atoms with E-state index in [0.717, 1.165) is 27.5 Å². The van der Waals surface area contributed by atoms with Gasteiger partial charge in [0.2, 0.25) is 11.8 Å². The maximum Gasteiger partial charge on any atom is 0.408 e. The minimum Gasteiger partial charge on any atom is -0.445 e. The number of ether oxygens (including phenoxy) is 1. The molecule has 4 N–H and O–H groups in total. The van der Waals surface area contributed by atoms with Gasteiger partial charge in [-0.2, -0.15) is 0 Å². The third-order valence-electron chi connectivity index (χ3n) is 6.07. The molecule has 37 heavy (non-hydrogen) atoms. The zero-order chi connectivity index (χ0) is 26.0. The van der Waals surface area contributed by atoms with E-state index in [1.165, 1.54) is 0 Å². The van der Waals surface area contributed by atoms with E-state index in [4.69, 9.17) is 10.5 Å². The molecule has 0 aliphatic rings. The Morgan fingerprint density at radius 2 is 1.30 bits per heavy atom. The fourth-order valence-electron chi connectivity index (χ4n) is 4.15. The summed E-state index contributed by atoms with van der Waals surface area (Å²) in [5.74, 6) is -1.18. The molecular formula is C30H29N3O4. The molecule has 0 bridgehead atoms. The lowest BCUT2D eigenvalue weighted by Crippen LogP contribution is -2.54. The van der Waals surface area contributed by atoms with Gasteiger partial charge in [-0.15, -0.1) is 0 Å². The second kappa shape index (κ2) is 12.4. The Balaban J connectivity index is 1.48. The molecule has 7 heteroatoms. The Morgan fingerprint density at radius 3 is 2.00 bits per heavy atom. The molecule has 0 heterocycles. The molecule has 0 spiro atoms. The number of hydrogen-bond acceptors (Lipinski definition) is 4. The minimum atomic E-state index is -0.972. The van der Waals surface area contributed by atoms with Crippen molar-refractivity contribution in [2.75, 3.05) is 0 Å². The van der Waals surface area contributed by atoms with Gasteiger partial charge in [-0.3, -0.25) is 9.59 Å². The van der Waals surface area contributed by atoms with E-state index in [2.05, 4.69) is 10.6 Å². The summed E-state index contributed by atoms with van der Waals surface area (Å²) in [7, 11) is 0. The first kappa shape index (κ1) is 25.4. The van der Waals surface area contributed by atoms with Crippen LogP contribution in [0.2, 0.25) is 0 Å². The largest absolute Gasteiger partial charge is 0.445 e. The number of nitrogens with two attached hydrogens (primary N) is 1. The molecule has 0 aromatic heterocycles. The number of nitrogens with one attached hydrogen (secondary N) is 2. The lowest BCUT2D eigenvalue weighted by molar-refractivity contribution is -0.128. The van der Waals surface area contributed by atoms with Crippen LogP contribution < -0.4 is 16.4 Å². The number of benzene rings is 4.